The van der Waals surface area contributed by atoms with Crippen LogP contribution in [0.15, 0.2) is 78.9 Å². The van der Waals surface area contributed by atoms with E-state index in [-0.39, 0.29) is 0 Å². The summed E-state index contributed by atoms with van der Waals surface area (Å²) in [5.74, 6) is 0. The highest BCUT2D eigenvalue weighted by atomic mass is 14.6. The molecule has 0 radical (unpaired) electrons. The van der Waals surface area contributed by atoms with E-state index in [0.29, 0.717) is 0 Å². The van der Waals surface area contributed by atoms with Gasteiger partial charge in [0.2, 0.25) is 0 Å². The lowest BCUT2D eigenvalue weighted by molar-refractivity contribution is 1.58. The van der Waals surface area contributed by atoms with Gasteiger partial charge in [0, 0.05) is 16.8 Å². The minimum absolute atomic E-state index is 0.833. The van der Waals surface area contributed by atoms with Gasteiger partial charge in [-0.25, -0.2) is 0 Å². The van der Waals surface area contributed by atoms with E-state index in [1.807, 2.05) is 36.4 Å². The molecule has 1 nitrogen and oxygen atoms in total. The van der Waals surface area contributed by atoms with Gasteiger partial charge in [-0.3, -0.25) is 0 Å². The van der Waals surface area contributed by atoms with Crippen LogP contribution in [-0.2, 0) is 0 Å². The zero-order chi connectivity index (χ0) is 13.1. The van der Waals surface area contributed by atoms with Crippen molar-refractivity contribution in [3.8, 4) is 22.3 Å². The van der Waals surface area contributed by atoms with Crippen LogP contribution in [-0.4, -0.2) is 0 Å². The number of hydrogen-bond donors (Lipinski definition) is 1. The average Bonchev–Trinajstić information content (AvgIpc) is 2.49. The predicted octanol–water partition coefficient (Wildman–Crippen LogP) is 4.60. The maximum atomic E-state index is 6.35. The van der Waals surface area contributed by atoms with E-state index >= 15 is 0 Å². The van der Waals surface area contributed by atoms with Crippen molar-refractivity contribution in [1.29, 1.82) is 0 Å². The van der Waals surface area contributed by atoms with Crippen molar-refractivity contribution in [3.05, 3.63) is 78.9 Å². The second-order valence-corrected chi connectivity index (χ2v) is 4.50. The van der Waals surface area contributed by atoms with E-state index in [2.05, 4.69) is 42.5 Å². The van der Waals surface area contributed by atoms with Gasteiger partial charge >= 0.3 is 0 Å². The first-order chi connectivity index (χ1) is 9.36. The first-order valence-corrected chi connectivity index (χ1v) is 6.35. The molecular weight excluding hydrogens is 230 g/mol. The Balaban J connectivity index is 2.15. The second kappa shape index (κ2) is 4.99. The minimum atomic E-state index is 0.833. The molecule has 0 unspecified atom stereocenters. The van der Waals surface area contributed by atoms with E-state index in [4.69, 9.17) is 5.73 Å². The zero-order valence-electron chi connectivity index (χ0n) is 10.6. The molecule has 19 heavy (non-hydrogen) atoms. The summed E-state index contributed by atoms with van der Waals surface area (Å²) in [6.45, 7) is 0. The highest BCUT2D eigenvalue weighted by molar-refractivity contribution is 5.88. The molecule has 0 bridgehead atoms. The van der Waals surface area contributed by atoms with Crippen molar-refractivity contribution in [2.45, 2.75) is 0 Å². The van der Waals surface area contributed by atoms with Crippen molar-refractivity contribution in [1.82, 2.24) is 0 Å². The van der Waals surface area contributed by atoms with Crippen molar-refractivity contribution < 1.29 is 0 Å². The minimum Gasteiger partial charge on any atom is -0.398 e. The van der Waals surface area contributed by atoms with Crippen LogP contribution in [0.2, 0.25) is 0 Å². The third kappa shape index (κ3) is 2.23. The van der Waals surface area contributed by atoms with E-state index in [9.17, 15) is 0 Å². The van der Waals surface area contributed by atoms with Crippen LogP contribution in [0, 0.1) is 0 Å². The Labute approximate surface area is 113 Å². The van der Waals surface area contributed by atoms with Crippen molar-refractivity contribution in [3.63, 3.8) is 0 Å². The molecule has 0 atom stereocenters. The first-order valence-electron chi connectivity index (χ1n) is 6.35. The number of para-hydroxylation sites is 1. The molecule has 0 aliphatic rings. The molecule has 92 valence electrons. The molecule has 2 N–H and O–H groups in total. The third-order valence-electron chi connectivity index (χ3n) is 3.28. The van der Waals surface area contributed by atoms with Gasteiger partial charge in [0.25, 0.3) is 0 Å². The molecule has 1 heteroatoms. The van der Waals surface area contributed by atoms with Crippen LogP contribution >= 0.6 is 0 Å². The topological polar surface area (TPSA) is 26.0 Å². The molecule has 0 saturated heterocycles. The molecule has 3 aromatic carbocycles. The van der Waals surface area contributed by atoms with Crippen LogP contribution in [0.1, 0.15) is 0 Å². The quantitative estimate of drug-likeness (QED) is 0.656. The Morgan fingerprint density at radius 3 is 1.32 bits per heavy atom. The maximum Gasteiger partial charge on any atom is 0.0473 e. The molecule has 0 saturated carbocycles. The van der Waals surface area contributed by atoms with E-state index < -0.39 is 0 Å². The van der Waals surface area contributed by atoms with Crippen LogP contribution < -0.4 is 5.73 Å². The number of rotatable bonds is 2. The zero-order valence-corrected chi connectivity index (χ0v) is 10.6. The molecule has 0 aliphatic carbocycles. The van der Waals surface area contributed by atoms with Gasteiger partial charge in [0.15, 0.2) is 0 Å². The number of nitrogen functional groups attached to an aromatic ring is 1. The van der Waals surface area contributed by atoms with Gasteiger partial charge in [-0.05, 0) is 11.1 Å². The molecule has 0 amide bonds. The maximum absolute atomic E-state index is 6.35. The van der Waals surface area contributed by atoms with Crippen molar-refractivity contribution >= 4 is 5.69 Å². The highest BCUT2D eigenvalue weighted by Gasteiger charge is 2.07. The average molecular weight is 245 g/mol. The number of hydrogen-bond acceptors (Lipinski definition) is 1. The molecule has 0 fully saturated rings. The van der Waals surface area contributed by atoms with Gasteiger partial charge in [0.05, 0.1) is 0 Å². The molecule has 0 aliphatic heterocycles. The van der Waals surface area contributed by atoms with E-state index in [1.165, 1.54) is 0 Å². The lowest BCUT2D eigenvalue weighted by Gasteiger charge is -2.11. The highest BCUT2D eigenvalue weighted by Crippen LogP contribution is 2.34. The Morgan fingerprint density at radius 1 is 0.474 bits per heavy atom. The number of benzene rings is 3. The molecule has 0 spiro atoms. The SMILES string of the molecule is Nc1c(-c2ccccc2)cccc1-c1ccccc1. The molecular formula is C18H15N. The summed E-state index contributed by atoms with van der Waals surface area (Å²) in [6.07, 6.45) is 0. The second-order valence-electron chi connectivity index (χ2n) is 4.50. The molecule has 0 aromatic heterocycles. The van der Waals surface area contributed by atoms with Crippen LogP contribution in [0.3, 0.4) is 0 Å². The van der Waals surface area contributed by atoms with Gasteiger partial charge in [-0.2, -0.15) is 0 Å². The summed E-state index contributed by atoms with van der Waals surface area (Å²) in [6, 6.07) is 26.7. The summed E-state index contributed by atoms with van der Waals surface area (Å²) in [5, 5.41) is 0. The summed E-state index contributed by atoms with van der Waals surface area (Å²) in [5.41, 5.74) is 11.7. The molecule has 3 rings (SSSR count). The van der Waals surface area contributed by atoms with Crippen LogP contribution in [0.5, 0.6) is 0 Å². The fourth-order valence-corrected chi connectivity index (χ4v) is 2.30. The van der Waals surface area contributed by atoms with Crippen LogP contribution in [0.4, 0.5) is 5.69 Å². The lowest BCUT2D eigenvalue weighted by Crippen LogP contribution is -1.93. The van der Waals surface area contributed by atoms with E-state index in [1.54, 1.807) is 0 Å². The monoisotopic (exact) mass is 245 g/mol. The Morgan fingerprint density at radius 2 is 0.895 bits per heavy atom. The fourth-order valence-electron chi connectivity index (χ4n) is 2.30. The molecule has 0 heterocycles. The summed E-state index contributed by atoms with van der Waals surface area (Å²) in [7, 11) is 0. The Hall–Kier alpha value is -2.54. The third-order valence-corrected chi connectivity index (χ3v) is 3.28. The Bertz CT molecular complexity index is 615. The first kappa shape index (κ1) is 11.5. The van der Waals surface area contributed by atoms with Crippen molar-refractivity contribution in [2.75, 3.05) is 5.73 Å². The summed E-state index contributed by atoms with van der Waals surface area (Å²) < 4.78 is 0. The molecule has 3 aromatic rings. The summed E-state index contributed by atoms with van der Waals surface area (Å²) >= 11 is 0. The summed E-state index contributed by atoms with van der Waals surface area (Å²) in [4.78, 5) is 0. The standard InChI is InChI=1S/C18H15N/c19-18-16(14-8-3-1-4-9-14)12-7-13-17(18)15-10-5-2-6-11-15/h1-13H,19H2. The predicted molar refractivity (Wildman–Crippen MR) is 81.7 cm³/mol. The van der Waals surface area contributed by atoms with E-state index in [0.717, 1.165) is 27.9 Å². The number of nitrogens with two attached hydrogens (primary N) is 1. The van der Waals surface area contributed by atoms with Crippen molar-refractivity contribution in [2.24, 2.45) is 0 Å². The van der Waals surface area contributed by atoms with Gasteiger partial charge in [-0.1, -0.05) is 78.9 Å². The van der Waals surface area contributed by atoms with Gasteiger partial charge in [0.1, 0.15) is 0 Å². The Kier molecular flexibility index (Phi) is 3.03. The van der Waals surface area contributed by atoms with Crippen LogP contribution in [0.25, 0.3) is 22.3 Å². The fraction of sp³-hybridized carbons (Fsp3) is 0. The van der Waals surface area contributed by atoms with Gasteiger partial charge < -0.3 is 5.73 Å². The van der Waals surface area contributed by atoms with Gasteiger partial charge in [-0.15, -0.1) is 0 Å². The largest absolute Gasteiger partial charge is 0.398 e. The smallest absolute Gasteiger partial charge is 0.0473 e. The normalized spacial score (nSPS) is 10.3. The number of anilines is 1. The lowest BCUT2D eigenvalue weighted by atomic mass is 9.96.